The van der Waals surface area contributed by atoms with E-state index in [-0.39, 0.29) is 0 Å². The fraction of sp³-hybridized carbons (Fsp3) is 0.0769. The average molecular weight is 286 g/mol. The molecule has 0 aliphatic heterocycles. The van der Waals surface area contributed by atoms with E-state index in [1.807, 2.05) is 6.07 Å². The van der Waals surface area contributed by atoms with Gasteiger partial charge in [-0.15, -0.1) is 11.3 Å². The van der Waals surface area contributed by atoms with Gasteiger partial charge >= 0.3 is 11.8 Å². The second-order valence-corrected chi connectivity index (χ2v) is 4.75. The Morgan fingerprint density at radius 3 is 2.40 bits per heavy atom. The standard InChI is InChI=1S/C13H10N4O2S/c1-8-7-20-13(15-8)17-12(19)11(18)16-10-4-2-9(6-14)3-5-10/h2-5,7H,1H3,(H,16,18)(H,15,17,19). The number of carbonyl (C=O) groups excluding carboxylic acids is 2. The van der Waals surface area contributed by atoms with Crippen LogP contribution in [0.3, 0.4) is 0 Å². The number of nitrogens with one attached hydrogen (secondary N) is 2. The molecule has 0 saturated heterocycles. The summed E-state index contributed by atoms with van der Waals surface area (Å²) >= 11 is 1.25. The normalized spacial score (nSPS) is 9.60. The molecule has 7 heteroatoms. The molecule has 1 aromatic heterocycles. The Morgan fingerprint density at radius 2 is 1.85 bits per heavy atom. The number of aryl methyl sites for hydroxylation is 1. The average Bonchev–Trinajstić information content (AvgIpc) is 2.85. The molecule has 0 fully saturated rings. The van der Waals surface area contributed by atoms with Crippen LogP contribution in [0.2, 0.25) is 0 Å². The Balaban J connectivity index is 1.97. The predicted molar refractivity (Wildman–Crippen MR) is 75.3 cm³/mol. The lowest BCUT2D eigenvalue weighted by molar-refractivity contribution is -0.132. The van der Waals surface area contributed by atoms with Gasteiger partial charge < -0.3 is 5.32 Å². The Kier molecular flexibility index (Phi) is 4.08. The van der Waals surface area contributed by atoms with Crippen molar-refractivity contribution in [3.05, 3.63) is 40.9 Å². The summed E-state index contributed by atoms with van der Waals surface area (Å²) in [5.74, 6) is -1.58. The monoisotopic (exact) mass is 286 g/mol. The molecule has 2 aromatic rings. The molecule has 0 aliphatic carbocycles. The Bertz CT molecular complexity index is 685. The second kappa shape index (κ2) is 5.95. The van der Waals surface area contributed by atoms with Crippen molar-refractivity contribution >= 4 is 34.0 Å². The number of benzene rings is 1. The van der Waals surface area contributed by atoms with Gasteiger partial charge in [0, 0.05) is 11.1 Å². The summed E-state index contributed by atoms with van der Waals surface area (Å²) in [5, 5.41) is 15.7. The fourth-order valence-corrected chi connectivity index (χ4v) is 2.06. The molecular weight excluding hydrogens is 276 g/mol. The highest BCUT2D eigenvalue weighted by molar-refractivity contribution is 7.14. The summed E-state index contributed by atoms with van der Waals surface area (Å²) in [5.41, 5.74) is 1.70. The number of anilines is 2. The highest BCUT2D eigenvalue weighted by Crippen LogP contribution is 2.14. The maximum absolute atomic E-state index is 11.7. The molecule has 2 N–H and O–H groups in total. The van der Waals surface area contributed by atoms with Gasteiger partial charge in [-0.05, 0) is 31.2 Å². The quantitative estimate of drug-likeness (QED) is 0.824. The molecule has 20 heavy (non-hydrogen) atoms. The highest BCUT2D eigenvalue weighted by Gasteiger charge is 2.15. The molecule has 6 nitrogen and oxygen atoms in total. The number of rotatable bonds is 2. The zero-order valence-electron chi connectivity index (χ0n) is 10.5. The summed E-state index contributed by atoms with van der Waals surface area (Å²) in [6.07, 6.45) is 0. The molecule has 1 aromatic carbocycles. The van der Waals surface area contributed by atoms with Gasteiger partial charge in [-0.2, -0.15) is 5.26 Å². The third-order valence-electron chi connectivity index (χ3n) is 2.32. The van der Waals surface area contributed by atoms with E-state index in [4.69, 9.17) is 5.26 Å². The molecule has 0 aliphatic rings. The first-order valence-electron chi connectivity index (χ1n) is 5.63. The largest absolute Gasteiger partial charge is 0.318 e. The molecule has 0 saturated carbocycles. The zero-order chi connectivity index (χ0) is 14.5. The van der Waals surface area contributed by atoms with Crippen molar-refractivity contribution in [2.24, 2.45) is 0 Å². The van der Waals surface area contributed by atoms with Crippen molar-refractivity contribution in [3.63, 3.8) is 0 Å². The van der Waals surface area contributed by atoms with Crippen molar-refractivity contribution in [1.29, 1.82) is 5.26 Å². The van der Waals surface area contributed by atoms with Gasteiger partial charge in [0.05, 0.1) is 17.3 Å². The van der Waals surface area contributed by atoms with Gasteiger partial charge in [-0.1, -0.05) is 0 Å². The molecule has 0 spiro atoms. The Morgan fingerprint density at radius 1 is 1.20 bits per heavy atom. The van der Waals surface area contributed by atoms with Gasteiger partial charge in [-0.25, -0.2) is 4.98 Å². The maximum Gasteiger partial charge on any atom is 0.315 e. The first-order chi connectivity index (χ1) is 9.58. The zero-order valence-corrected chi connectivity index (χ0v) is 11.3. The van der Waals surface area contributed by atoms with Crippen LogP contribution in [0, 0.1) is 18.3 Å². The van der Waals surface area contributed by atoms with E-state index in [9.17, 15) is 9.59 Å². The molecular formula is C13H10N4O2S. The van der Waals surface area contributed by atoms with Crippen molar-refractivity contribution in [3.8, 4) is 6.07 Å². The van der Waals surface area contributed by atoms with Crippen molar-refractivity contribution in [2.45, 2.75) is 6.92 Å². The van der Waals surface area contributed by atoms with E-state index in [0.717, 1.165) is 5.69 Å². The van der Waals surface area contributed by atoms with Crippen LogP contribution in [0.15, 0.2) is 29.6 Å². The SMILES string of the molecule is Cc1csc(NC(=O)C(=O)Nc2ccc(C#N)cc2)n1. The molecule has 0 bridgehead atoms. The number of hydrogen-bond acceptors (Lipinski definition) is 5. The molecule has 100 valence electrons. The summed E-state index contributed by atoms with van der Waals surface area (Å²) in [6, 6.07) is 8.18. The van der Waals surface area contributed by atoms with Crippen LogP contribution in [0.4, 0.5) is 10.8 Å². The Labute approximate surface area is 119 Å². The third kappa shape index (κ3) is 3.40. The molecule has 0 atom stereocenters. The first-order valence-corrected chi connectivity index (χ1v) is 6.51. The highest BCUT2D eigenvalue weighted by atomic mass is 32.1. The minimum Gasteiger partial charge on any atom is -0.318 e. The summed E-state index contributed by atoms with van der Waals surface area (Å²) in [6.45, 7) is 1.79. The maximum atomic E-state index is 11.7. The minimum absolute atomic E-state index is 0.377. The number of aromatic nitrogens is 1. The van der Waals surface area contributed by atoms with E-state index < -0.39 is 11.8 Å². The first kappa shape index (κ1) is 13.7. The van der Waals surface area contributed by atoms with E-state index in [1.54, 1.807) is 36.6 Å². The lowest BCUT2D eigenvalue weighted by Gasteiger charge is -2.04. The molecule has 0 unspecified atom stereocenters. The van der Waals surface area contributed by atoms with Crippen LogP contribution in [0.5, 0.6) is 0 Å². The van der Waals surface area contributed by atoms with Gasteiger partial charge in [0.25, 0.3) is 0 Å². The molecule has 1 heterocycles. The molecule has 2 amide bonds. The van der Waals surface area contributed by atoms with Gasteiger partial charge in [-0.3, -0.25) is 14.9 Å². The van der Waals surface area contributed by atoms with Crippen LogP contribution in [-0.4, -0.2) is 16.8 Å². The van der Waals surface area contributed by atoms with E-state index in [0.29, 0.717) is 16.4 Å². The Hall–Kier alpha value is -2.72. The van der Waals surface area contributed by atoms with Crippen LogP contribution < -0.4 is 10.6 Å². The number of hydrogen-bond donors (Lipinski definition) is 2. The number of carbonyl (C=O) groups is 2. The fourth-order valence-electron chi connectivity index (χ4n) is 1.38. The van der Waals surface area contributed by atoms with Crippen LogP contribution >= 0.6 is 11.3 Å². The van der Waals surface area contributed by atoms with Crippen LogP contribution in [0.1, 0.15) is 11.3 Å². The molecule has 2 rings (SSSR count). The van der Waals surface area contributed by atoms with Crippen molar-refractivity contribution < 1.29 is 9.59 Å². The smallest absolute Gasteiger partial charge is 0.315 e. The predicted octanol–water partition coefficient (Wildman–Crippen LogP) is 1.90. The lowest BCUT2D eigenvalue weighted by atomic mass is 10.2. The van der Waals surface area contributed by atoms with Crippen molar-refractivity contribution in [2.75, 3.05) is 10.6 Å². The third-order valence-corrected chi connectivity index (χ3v) is 3.19. The van der Waals surface area contributed by atoms with Crippen LogP contribution in [0.25, 0.3) is 0 Å². The minimum atomic E-state index is -0.789. The van der Waals surface area contributed by atoms with Gasteiger partial charge in [0.2, 0.25) is 0 Å². The summed E-state index contributed by atoms with van der Waals surface area (Å²) in [4.78, 5) is 27.3. The van der Waals surface area contributed by atoms with E-state index in [2.05, 4.69) is 15.6 Å². The number of nitrogens with zero attached hydrogens (tertiary/aromatic N) is 2. The van der Waals surface area contributed by atoms with E-state index in [1.165, 1.54) is 11.3 Å². The van der Waals surface area contributed by atoms with Crippen molar-refractivity contribution in [1.82, 2.24) is 4.98 Å². The van der Waals surface area contributed by atoms with Gasteiger partial charge in [0.15, 0.2) is 5.13 Å². The summed E-state index contributed by atoms with van der Waals surface area (Å²) < 4.78 is 0. The van der Waals surface area contributed by atoms with E-state index >= 15 is 0 Å². The number of amides is 2. The second-order valence-electron chi connectivity index (χ2n) is 3.89. The number of thiazole rings is 1. The summed E-state index contributed by atoms with van der Waals surface area (Å²) in [7, 11) is 0. The lowest BCUT2D eigenvalue weighted by Crippen LogP contribution is -2.29. The topological polar surface area (TPSA) is 94.9 Å². The molecule has 0 radical (unpaired) electrons. The number of nitriles is 1. The van der Waals surface area contributed by atoms with Crippen LogP contribution in [-0.2, 0) is 9.59 Å². The van der Waals surface area contributed by atoms with Gasteiger partial charge in [0.1, 0.15) is 0 Å².